The number of benzene rings is 3. The molecule has 0 saturated carbocycles. The zero-order valence-corrected chi connectivity index (χ0v) is 15.1. The van der Waals surface area contributed by atoms with Crippen LogP contribution in [0.15, 0.2) is 89.4 Å². The number of rotatable bonds is 4. The van der Waals surface area contributed by atoms with E-state index in [-0.39, 0.29) is 0 Å². The Morgan fingerprint density at radius 2 is 1.14 bits per heavy atom. The zero-order valence-electron chi connectivity index (χ0n) is 11.8. The largest absolute Gasteiger partial charge is 0.277 e. The number of halogens is 1. The van der Waals surface area contributed by atoms with E-state index in [1.54, 1.807) is 0 Å². The third-order valence-electron chi connectivity index (χ3n) is 3.21. The Balaban J connectivity index is 2.08. The molecule has 0 aromatic heterocycles. The lowest BCUT2D eigenvalue weighted by atomic mass is 10.4. The lowest BCUT2D eigenvalue weighted by Gasteiger charge is -2.17. The molecule has 0 aliphatic heterocycles. The van der Waals surface area contributed by atoms with Crippen molar-refractivity contribution in [2.75, 3.05) is 0 Å². The second-order valence-electron chi connectivity index (χ2n) is 4.74. The third kappa shape index (κ3) is 3.52. The third-order valence-corrected chi connectivity index (χ3v) is 9.53. The summed E-state index contributed by atoms with van der Waals surface area (Å²) in [5, 5.41) is 3.18. The average molecular weight is 388 g/mol. The highest BCUT2D eigenvalue weighted by molar-refractivity contribution is 9.10. The highest BCUT2D eigenvalue weighted by atomic mass is 79.9. The first-order valence-electron chi connectivity index (χ1n) is 6.89. The molecule has 1 radical (unpaired) electrons. The number of hydrogen-bond donors (Lipinski definition) is 0. The van der Waals surface area contributed by atoms with Crippen LogP contribution in [0.25, 0.3) is 0 Å². The van der Waals surface area contributed by atoms with Gasteiger partial charge in [0.2, 0.25) is 0 Å². The Bertz CT molecular complexity index is 736. The molecular weight excluding hydrogens is 374 g/mol. The second-order valence-corrected chi connectivity index (χ2v) is 10.7. The van der Waals surface area contributed by atoms with Crippen molar-refractivity contribution in [3.05, 3.63) is 89.4 Å². The normalized spacial score (nSPS) is 11.5. The van der Waals surface area contributed by atoms with Crippen molar-refractivity contribution in [1.29, 1.82) is 0 Å². The van der Waals surface area contributed by atoms with E-state index in [4.69, 9.17) is 0 Å². The van der Waals surface area contributed by atoms with Crippen LogP contribution in [0.2, 0.25) is 0 Å². The molecule has 0 bridgehead atoms. The SMILES string of the molecule is O=[P](c1cccc(Br)c1)P(c1ccccc1)c1ccccc1. The van der Waals surface area contributed by atoms with E-state index in [1.165, 1.54) is 0 Å². The van der Waals surface area contributed by atoms with Crippen molar-refractivity contribution < 1.29 is 4.57 Å². The van der Waals surface area contributed by atoms with Gasteiger partial charge in [-0.05, 0) is 28.8 Å². The van der Waals surface area contributed by atoms with Gasteiger partial charge in [-0.2, -0.15) is 0 Å². The summed E-state index contributed by atoms with van der Waals surface area (Å²) in [6.07, 6.45) is 0. The van der Waals surface area contributed by atoms with E-state index in [0.717, 1.165) is 20.4 Å². The van der Waals surface area contributed by atoms with Crippen LogP contribution in [0.1, 0.15) is 0 Å². The summed E-state index contributed by atoms with van der Waals surface area (Å²) in [5.41, 5.74) is 0. The molecule has 3 rings (SSSR count). The highest BCUT2D eigenvalue weighted by Gasteiger charge is 2.23. The molecule has 1 unspecified atom stereocenters. The predicted octanol–water partition coefficient (Wildman–Crippen LogP) is 4.95. The van der Waals surface area contributed by atoms with Crippen LogP contribution in [0, 0.1) is 0 Å². The minimum Gasteiger partial charge on any atom is -0.277 e. The Morgan fingerprint density at radius 1 is 0.636 bits per heavy atom. The maximum Gasteiger partial charge on any atom is 0.135 e. The Labute approximate surface area is 141 Å². The van der Waals surface area contributed by atoms with E-state index >= 15 is 0 Å². The predicted molar refractivity (Wildman–Crippen MR) is 100 cm³/mol. The van der Waals surface area contributed by atoms with Gasteiger partial charge < -0.3 is 0 Å². The summed E-state index contributed by atoms with van der Waals surface area (Å²) >= 11 is 3.47. The van der Waals surface area contributed by atoms with Gasteiger partial charge >= 0.3 is 0 Å². The summed E-state index contributed by atoms with van der Waals surface area (Å²) in [6.45, 7) is 0. The fraction of sp³-hybridized carbons (Fsp3) is 0. The molecule has 0 aliphatic carbocycles. The first-order chi connectivity index (χ1) is 10.8. The van der Waals surface area contributed by atoms with Crippen molar-refractivity contribution in [1.82, 2.24) is 0 Å². The molecular formula is C18H14BrOP2. The van der Waals surface area contributed by atoms with Crippen LogP contribution >= 0.6 is 31.0 Å². The molecule has 4 heteroatoms. The molecule has 3 aromatic rings. The van der Waals surface area contributed by atoms with Crippen LogP contribution in [0.5, 0.6) is 0 Å². The van der Waals surface area contributed by atoms with E-state index < -0.39 is 15.1 Å². The van der Waals surface area contributed by atoms with Gasteiger partial charge in [0.1, 0.15) is 7.49 Å². The first kappa shape index (κ1) is 15.6. The zero-order chi connectivity index (χ0) is 15.4. The van der Waals surface area contributed by atoms with Crippen LogP contribution in [0.3, 0.4) is 0 Å². The fourth-order valence-electron chi connectivity index (χ4n) is 2.21. The Morgan fingerprint density at radius 3 is 1.64 bits per heavy atom. The molecule has 0 saturated heterocycles. The van der Waals surface area contributed by atoms with Gasteiger partial charge in [0.05, 0.1) is 0 Å². The lowest BCUT2D eigenvalue weighted by Crippen LogP contribution is -2.11. The molecule has 0 spiro atoms. The lowest BCUT2D eigenvalue weighted by molar-refractivity contribution is 0.600. The summed E-state index contributed by atoms with van der Waals surface area (Å²) in [4.78, 5) is 0. The maximum absolute atomic E-state index is 13.3. The van der Waals surface area contributed by atoms with Crippen molar-refractivity contribution >= 4 is 46.9 Å². The molecule has 0 fully saturated rings. The summed E-state index contributed by atoms with van der Waals surface area (Å²) < 4.78 is 14.2. The molecule has 3 aromatic carbocycles. The van der Waals surface area contributed by atoms with E-state index in [1.807, 2.05) is 60.7 Å². The molecule has 22 heavy (non-hydrogen) atoms. The van der Waals surface area contributed by atoms with Gasteiger partial charge in [-0.3, -0.25) is 4.57 Å². The summed E-state index contributed by atoms with van der Waals surface area (Å²) in [6, 6.07) is 28.1. The van der Waals surface area contributed by atoms with E-state index in [9.17, 15) is 4.57 Å². The molecule has 0 amide bonds. The molecule has 1 atom stereocenters. The van der Waals surface area contributed by atoms with Crippen LogP contribution in [-0.2, 0) is 4.57 Å². The van der Waals surface area contributed by atoms with Gasteiger partial charge in [0.25, 0.3) is 0 Å². The van der Waals surface area contributed by atoms with Crippen LogP contribution in [-0.4, -0.2) is 0 Å². The molecule has 0 N–H and O–H groups in total. The van der Waals surface area contributed by atoms with Crippen molar-refractivity contribution in [3.8, 4) is 0 Å². The minimum absolute atomic E-state index is 0.892. The van der Waals surface area contributed by atoms with Crippen LogP contribution in [0.4, 0.5) is 0 Å². The van der Waals surface area contributed by atoms with E-state index in [2.05, 4.69) is 40.2 Å². The topological polar surface area (TPSA) is 17.1 Å². The maximum atomic E-state index is 13.3. The quantitative estimate of drug-likeness (QED) is 0.578. The molecule has 0 aliphatic rings. The molecule has 0 heterocycles. The Hall–Kier alpha value is -1.33. The van der Waals surface area contributed by atoms with Crippen molar-refractivity contribution in [2.24, 2.45) is 0 Å². The highest BCUT2D eigenvalue weighted by Crippen LogP contribution is 2.58. The minimum atomic E-state index is -1.52. The van der Waals surface area contributed by atoms with E-state index in [0.29, 0.717) is 0 Å². The van der Waals surface area contributed by atoms with Gasteiger partial charge in [0, 0.05) is 17.4 Å². The summed E-state index contributed by atoms with van der Waals surface area (Å²) in [5.74, 6) is 0. The Kier molecular flexibility index (Phi) is 5.16. The average Bonchev–Trinajstić information content (AvgIpc) is 2.57. The van der Waals surface area contributed by atoms with Gasteiger partial charge in [-0.25, -0.2) is 0 Å². The first-order valence-corrected chi connectivity index (χ1v) is 11.0. The smallest absolute Gasteiger partial charge is 0.135 e. The fourth-order valence-corrected chi connectivity index (χ4v) is 8.23. The summed E-state index contributed by atoms with van der Waals surface area (Å²) in [7, 11) is -2.44. The standard InChI is InChI=1S/C18H14BrOP2/c19-15-8-7-13-18(14-15)22(20)21(16-9-3-1-4-10-16)17-11-5-2-6-12-17/h1-14H. The second kappa shape index (κ2) is 7.29. The van der Waals surface area contributed by atoms with Crippen molar-refractivity contribution in [3.63, 3.8) is 0 Å². The van der Waals surface area contributed by atoms with Crippen LogP contribution < -0.4 is 15.9 Å². The number of hydrogen-bond acceptors (Lipinski definition) is 1. The van der Waals surface area contributed by atoms with Gasteiger partial charge in [-0.15, -0.1) is 0 Å². The van der Waals surface area contributed by atoms with Crippen molar-refractivity contribution in [2.45, 2.75) is 0 Å². The monoisotopic (exact) mass is 387 g/mol. The molecule has 109 valence electrons. The van der Waals surface area contributed by atoms with Gasteiger partial charge in [-0.1, -0.05) is 82.7 Å². The molecule has 1 nitrogen and oxygen atoms in total. The van der Waals surface area contributed by atoms with Gasteiger partial charge in [0.15, 0.2) is 0 Å².